The number of aldehydes is 1. The van der Waals surface area contributed by atoms with E-state index in [1.54, 1.807) is 5.57 Å². The van der Waals surface area contributed by atoms with Gasteiger partial charge in [-0.05, 0) is 122 Å². The maximum Gasteiger partial charge on any atom is 0.192 e. The van der Waals surface area contributed by atoms with E-state index < -0.39 is 16.6 Å². The van der Waals surface area contributed by atoms with Crippen LogP contribution in [0.3, 0.4) is 0 Å². The number of fused-ring (bicyclic) bond motifs is 1. The van der Waals surface area contributed by atoms with Crippen molar-refractivity contribution in [2.75, 3.05) is 0 Å². The molecule has 0 spiro atoms. The molecule has 0 amide bonds. The van der Waals surface area contributed by atoms with Gasteiger partial charge in [0.15, 0.2) is 16.6 Å². The third-order valence-electron chi connectivity index (χ3n) is 12.3. The quantitative estimate of drug-likeness (QED) is 0.166. The molecule has 1 N–H and O–H groups in total. The minimum atomic E-state index is -2.34. The Morgan fingerprint density at radius 2 is 1.75 bits per heavy atom. The molecule has 3 aliphatic rings. The number of carbonyl (C=O) groups is 1. The molecule has 0 saturated heterocycles. The van der Waals surface area contributed by atoms with Crippen molar-refractivity contribution in [1.82, 2.24) is 0 Å². The van der Waals surface area contributed by atoms with Crippen LogP contribution in [0.2, 0.25) is 36.3 Å². The summed E-state index contributed by atoms with van der Waals surface area (Å²) in [5.41, 5.74) is 4.69. The lowest BCUT2D eigenvalue weighted by Crippen LogP contribution is -2.46. The Morgan fingerprint density at radius 1 is 1.10 bits per heavy atom. The summed E-state index contributed by atoms with van der Waals surface area (Å²) in [6.45, 7) is 29.8. The summed E-state index contributed by atoms with van der Waals surface area (Å²) in [4.78, 5) is 22.4. The molecule has 0 aromatic rings. The summed E-state index contributed by atoms with van der Waals surface area (Å²) in [5.74, 6) is 2.10. The summed E-state index contributed by atoms with van der Waals surface area (Å²) < 4.78 is 7.05. The maximum absolute atomic E-state index is 11.3. The Bertz CT molecular complexity index is 951. The molecule has 3 nitrogen and oxygen atoms in total. The van der Waals surface area contributed by atoms with Crippen molar-refractivity contribution < 1.29 is 14.0 Å². The van der Waals surface area contributed by atoms with Crippen LogP contribution < -0.4 is 0 Å². The van der Waals surface area contributed by atoms with Gasteiger partial charge in [0, 0.05) is 6.42 Å². The molecule has 0 bridgehead atoms. The molecule has 40 heavy (non-hydrogen) atoms. The van der Waals surface area contributed by atoms with E-state index in [1.165, 1.54) is 43.3 Å². The van der Waals surface area contributed by atoms with Gasteiger partial charge in [0.05, 0.1) is 6.10 Å². The summed E-state index contributed by atoms with van der Waals surface area (Å²) in [6.07, 6.45) is 16.0. The number of carbonyl (C=O) groups excluding carboxylic acids is 1. The second kappa shape index (κ2) is 12.1. The number of hydrogen-bond acceptors (Lipinski definition) is 3. The highest BCUT2D eigenvalue weighted by Gasteiger charge is 2.50. The van der Waals surface area contributed by atoms with Crippen LogP contribution in [0.1, 0.15) is 106 Å². The van der Waals surface area contributed by atoms with Crippen LogP contribution in [0.15, 0.2) is 35.5 Å². The lowest BCUT2D eigenvalue weighted by Gasteiger charge is -2.45. The average Bonchev–Trinajstić information content (AvgIpc) is 3.16. The SMILES string of the molecule is C=C1[C@H](CC(C)(C)[Si](C)(C)O)C/C(=C\C=C2/CCC[C@@]3(C)C2CCC3[C@H](C)CC=O)C[C@H]1O[Si](C)(C)C(C)(C)C. The van der Waals surface area contributed by atoms with Gasteiger partial charge in [-0.25, -0.2) is 0 Å². The number of hydrogen-bond donors (Lipinski definition) is 1. The molecule has 6 atom stereocenters. The van der Waals surface area contributed by atoms with Crippen LogP contribution in [0.4, 0.5) is 0 Å². The van der Waals surface area contributed by atoms with Crippen LogP contribution in [-0.4, -0.2) is 33.8 Å². The first-order valence-corrected chi connectivity index (χ1v) is 22.0. The molecule has 3 aliphatic carbocycles. The first-order valence-electron chi connectivity index (χ1n) is 16.1. The van der Waals surface area contributed by atoms with Crippen molar-refractivity contribution in [1.29, 1.82) is 0 Å². The standard InChI is InChI=1S/C35H62O3Si2/c1-25(19-21-36)30-17-18-31-28(14-13-20-35(30,31)8)16-15-27-22-29(24-34(6,7)39(9,10)37)26(2)32(23-27)38-40(11,12)33(3,4)5/h15-16,21,25,29-32,37H,2,13-14,17-20,22-24H2,1,3-12H3/b27-15+,28-16+/t25-,29+,30?,31?,32-,35-/m1/s1. The molecule has 0 radical (unpaired) electrons. The molecule has 5 heteroatoms. The highest BCUT2D eigenvalue weighted by molar-refractivity contribution is 6.74. The van der Waals surface area contributed by atoms with Gasteiger partial charge < -0.3 is 14.0 Å². The molecule has 0 aliphatic heterocycles. The summed E-state index contributed by atoms with van der Waals surface area (Å²) in [6, 6.07) is 0. The second-order valence-corrected chi connectivity index (χ2v) is 26.0. The monoisotopic (exact) mass is 586 g/mol. The van der Waals surface area contributed by atoms with E-state index in [4.69, 9.17) is 4.43 Å². The normalized spacial score (nSPS) is 33.4. The smallest absolute Gasteiger partial charge is 0.192 e. The van der Waals surface area contributed by atoms with Crippen molar-refractivity contribution >= 4 is 22.9 Å². The van der Waals surface area contributed by atoms with Gasteiger partial charge in [-0.3, -0.25) is 0 Å². The van der Waals surface area contributed by atoms with E-state index in [0.29, 0.717) is 35.5 Å². The Balaban J connectivity index is 1.91. The molecular formula is C35H62O3Si2. The Kier molecular flexibility index (Phi) is 10.2. The third kappa shape index (κ3) is 7.06. The molecule has 3 saturated carbocycles. The first-order chi connectivity index (χ1) is 18.2. The van der Waals surface area contributed by atoms with E-state index in [9.17, 15) is 9.59 Å². The first kappa shape index (κ1) is 33.7. The van der Waals surface area contributed by atoms with E-state index in [-0.39, 0.29) is 16.2 Å². The van der Waals surface area contributed by atoms with Crippen LogP contribution in [-0.2, 0) is 9.22 Å². The fourth-order valence-electron chi connectivity index (χ4n) is 7.77. The van der Waals surface area contributed by atoms with Crippen molar-refractivity contribution in [2.24, 2.45) is 29.1 Å². The zero-order valence-electron chi connectivity index (χ0n) is 28.0. The van der Waals surface area contributed by atoms with Gasteiger partial charge in [0.1, 0.15) is 6.29 Å². The van der Waals surface area contributed by atoms with Gasteiger partial charge in [0.25, 0.3) is 0 Å². The minimum Gasteiger partial charge on any atom is -0.432 e. The van der Waals surface area contributed by atoms with Crippen molar-refractivity contribution in [2.45, 2.75) is 149 Å². The van der Waals surface area contributed by atoms with Gasteiger partial charge >= 0.3 is 0 Å². The molecule has 228 valence electrons. The van der Waals surface area contributed by atoms with Crippen molar-refractivity contribution in [3.63, 3.8) is 0 Å². The number of allylic oxidation sites excluding steroid dienone is 3. The third-order valence-corrected chi connectivity index (χ3v) is 20.3. The van der Waals surface area contributed by atoms with E-state index in [1.807, 2.05) is 0 Å². The zero-order chi connectivity index (χ0) is 30.3. The highest BCUT2D eigenvalue weighted by Crippen LogP contribution is 2.60. The van der Waals surface area contributed by atoms with Crippen LogP contribution in [0, 0.1) is 29.1 Å². The molecular weight excluding hydrogens is 525 g/mol. The van der Waals surface area contributed by atoms with Gasteiger partial charge in [-0.1, -0.05) is 78.3 Å². The molecule has 0 aromatic heterocycles. The van der Waals surface area contributed by atoms with E-state index in [2.05, 4.69) is 93.4 Å². The summed E-state index contributed by atoms with van der Waals surface area (Å²) in [5, 5.41) is 0.0587. The molecule has 0 aromatic carbocycles. The highest BCUT2D eigenvalue weighted by atomic mass is 28.4. The van der Waals surface area contributed by atoms with Crippen LogP contribution >= 0.6 is 0 Å². The lowest BCUT2D eigenvalue weighted by atomic mass is 9.61. The fourth-order valence-corrected chi connectivity index (χ4v) is 9.82. The van der Waals surface area contributed by atoms with Gasteiger partial charge in [0.2, 0.25) is 0 Å². The van der Waals surface area contributed by atoms with Crippen molar-refractivity contribution in [3.05, 3.63) is 35.5 Å². The van der Waals surface area contributed by atoms with Gasteiger partial charge in [-0.2, -0.15) is 0 Å². The van der Waals surface area contributed by atoms with Crippen molar-refractivity contribution in [3.8, 4) is 0 Å². The van der Waals surface area contributed by atoms with E-state index in [0.717, 1.165) is 25.5 Å². The molecule has 2 unspecified atom stereocenters. The zero-order valence-corrected chi connectivity index (χ0v) is 30.0. The van der Waals surface area contributed by atoms with E-state index >= 15 is 0 Å². The summed E-state index contributed by atoms with van der Waals surface area (Å²) in [7, 11) is -4.30. The maximum atomic E-state index is 11.3. The Labute approximate surface area is 249 Å². The topological polar surface area (TPSA) is 46.5 Å². The molecule has 3 rings (SSSR count). The Hall–Kier alpha value is -0.756. The average molecular weight is 587 g/mol. The fraction of sp³-hybridized carbons (Fsp3) is 0.800. The summed E-state index contributed by atoms with van der Waals surface area (Å²) >= 11 is 0. The van der Waals surface area contributed by atoms with Gasteiger partial charge in [-0.15, -0.1) is 0 Å². The lowest BCUT2D eigenvalue weighted by molar-refractivity contribution is -0.109. The number of rotatable bonds is 9. The Morgan fingerprint density at radius 3 is 2.33 bits per heavy atom. The second-order valence-electron chi connectivity index (χ2n) is 16.7. The minimum absolute atomic E-state index is 0.0558. The predicted molar refractivity (Wildman–Crippen MR) is 176 cm³/mol. The van der Waals surface area contributed by atoms with Crippen LogP contribution in [0.25, 0.3) is 0 Å². The molecule has 0 heterocycles. The van der Waals surface area contributed by atoms with Crippen LogP contribution in [0.5, 0.6) is 0 Å². The molecule has 3 fully saturated rings. The predicted octanol–water partition coefficient (Wildman–Crippen LogP) is 10.0. The largest absolute Gasteiger partial charge is 0.432 e.